The molecule has 1 heterocycles. The van der Waals surface area contributed by atoms with Gasteiger partial charge in [0.15, 0.2) is 0 Å². The molecule has 2 rings (SSSR count). The predicted octanol–water partition coefficient (Wildman–Crippen LogP) is 1.72. The van der Waals surface area contributed by atoms with E-state index in [1.807, 2.05) is 36.5 Å². The molecule has 1 aromatic heterocycles. The second-order valence-electron chi connectivity index (χ2n) is 3.79. The highest BCUT2D eigenvalue weighted by molar-refractivity contribution is 5.28. The molecule has 2 aromatic rings. The number of aromatic nitrogens is 3. The minimum atomic E-state index is 0.837. The molecular weight excluding hydrogens is 200 g/mol. The van der Waals surface area contributed by atoms with E-state index in [1.165, 1.54) is 0 Å². The molecule has 4 nitrogen and oxygen atoms in total. The normalized spacial score (nSPS) is 10.9. The van der Waals surface area contributed by atoms with Gasteiger partial charge in [-0.15, -0.1) is 0 Å². The van der Waals surface area contributed by atoms with Crippen LogP contribution in [0.25, 0.3) is 5.69 Å². The maximum absolute atomic E-state index is 4.43. The molecule has 84 valence electrons. The lowest BCUT2D eigenvalue weighted by Gasteiger charge is -2.10. The van der Waals surface area contributed by atoms with Crippen LogP contribution in [0.5, 0.6) is 0 Å². The summed E-state index contributed by atoms with van der Waals surface area (Å²) in [5.41, 5.74) is 1.99. The summed E-state index contributed by atoms with van der Waals surface area (Å²) in [6.07, 6.45) is 1.82. The number of hydrogen-bond donors (Lipinski definition) is 0. The SMILES string of the molecule is CCN(C)Cc1cnn(-c2ccccc2)n1. The molecule has 16 heavy (non-hydrogen) atoms. The van der Waals surface area contributed by atoms with E-state index in [-0.39, 0.29) is 0 Å². The third-order valence-electron chi connectivity index (χ3n) is 2.50. The average Bonchev–Trinajstić information content (AvgIpc) is 2.78. The summed E-state index contributed by atoms with van der Waals surface area (Å²) < 4.78 is 0. The summed E-state index contributed by atoms with van der Waals surface area (Å²) in [6, 6.07) is 9.94. The van der Waals surface area contributed by atoms with Gasteiger partial charge in [-0.25, -0.2) is 0 Å². The summed E-state index contributed by atoms with van der Waals surface area (Å²) in [5, 5.41) is 8.68. The Bertz CT molecular complexity index is 435. The second kappa shape index (κ2) is 4.90. The highest BCUT2D eigenvalue weighted by Crippen LogP contribution is 2.05. The Balaban J connectivity index is 2.14. The molecule has 0 atom stereocenters. The van der Waals surface area contributed by atoms with Crippen LogP contribution >= 0.6 is 0 Å². The largest absolute Gasteiger partial charge is 0.301 e. The Kier molecular flexibility index (Phi) is 3.31. The summed E-state index contributed by atoms with van der Waals surface area (Å²) in [7, 11) is 2.07. The first-order valence-electron chi connectivity index (χ1n) is 5.45. The van der Waals surface area contributed by atoms with Gasteiger partial charge in [0, 0.05) is 6.54 Å². The second-order valence-corrected chi connectivity index (χ2v) is 3.79. The van der Waals surface area contributed by atoms with Crippen molar-refractivity contribution in [3.63, 3.8) is 0 Å². The van der Waals surface area contributed by atoms with Gasteiger partial charge in [0.1, 0.15) is 0 Å². The fourth-order valence-electron chi connectivity index (χ4n) is 1.44. The molecule has 0 radical (unpaired) electrons. The standard InChI is InChI=1S/C12H16N4/c1-3-15(2)10-11-9-13-16(14-11)12-7-5-4-6-8-12/h4-9H,3,10H2,1-2H3. The van der Waals surface area contributed by atoms with Crippen molar-refractivity contribution in [2.75, 3.05) is 13.6 Å². The molecule has 0 aliphatic heterocycles. The van der Waals surface area contributed by atoms with Crippen LogP contribution in [0.3, 0.4) is 0 Å². The van der Waals surface area contributed by atoms with Gasteiger partial charge in [-0.1, -0.05) is 25.1 Å². The molecule has 0 aliphatic carbocycles. The predicted molar refractivity (Wildman–Crippen MR) is 63.4 cm³/mol. The molecule has 0 N–H and O–H groups in total. The molecule has 1 aromatic carbocycles. The minimum absolute atomic E-state index is 0.837. The lowest BCUT2D eigenvalue weighted by Crippen LogP contribution is -2.17. The van der Waals surface area contributed by atoms with Gasteiger partial charge in [-0.3, -0.25) is 0 Å². The van der Waals surface area contributed by atoms with Gasteiger partial charge in [0.25, 0.3) is 0 Å². The van der Waals surface area contributed by atoms with E-state index in [9.17, 15) is 0 Å². The van der Waals surface area contributed by atoms with Crippen LogP contribution in [0.15, 0.2) is 36.5 Å². The van der Waals surface area contributed by atoms with Crippen molar-refractivity contribution >= 4 is 0 Å². The van der Waals surface area contributed by atoms with Crippen LogP contribution in [0.2, 0.25) is 0 Å². The van der Waals surface area contributed by atoms with Gasteiger partial charge < -0.3 is 4.90 Å². The van der Waals surface area contributed by atoms with Crippen molar-refractivity contribution < 1.29 is 0 Å². The quantitative estimate of drug-likeness (QED) is 0.780. The lowest BCUT2D eigenvalue weighted by molar-refractivity contribution is 0.340. The van der Waals surface area contributed by atoms with Crippen LogP contribution in [0, 0.1) is 0 Å². The highest BCUT2D eigenvalue weighted by Gasteiger charge is 2.04. The van der Waals surface area contributed by atoms with Crippen molar-refractivity contribution in [3.05, 3.63) is 42.2 Å². The average molecular weight is 216 g/mol. The van der Waals surface area contributed by atoms with E-state index >= 15 is 0 Å². The van der Waals surface area contributed by atoms with Crippen molar-refractivity contribution in [1.82, 2.24) is 19.9 Å². The molecule has 0 bridgehead atoms. The first kappa shape index (κ1) is 10.8. The van der Waals surface area contributed by atoms with Crippen molar-refractivity contribution in [3.8, 4) is 5.69 Å². The first-order valence-corrected chi connectivity index (χ1v) is 5.45. The van der Waals surface area contributed by atoms with E-state index < -0.39 is 0 Å². The van der Waals surface area contributed by atoms with Crippen molar-refractivity contribution in [2.45, 2.75) is 13.5 Å². The lowest BCUT2D eigenvalue weighted by atomic mass is 10.3. The molecule has 0 fully saturated rings. The topological polar surface area (TPSA) is 34.0 Å². The Morgan fingerprint density at radius 2 is 2.00 bits per heavy atom. The third-order valence-corrected chi connectivity index (χ3v) is 2.50. The zero-order valence-corrected chi connectivity index (χ0v) is 9.67. The minimum Gasteiger partial charge on any atom is -0.301 e. The molecule has 0 spiro atoms. The molecule has 0 unspecified atom stereocenters. The third kappa shape index (κ3) is 2.46. The summed E-state index contributed by atoms with van der Waals surface area (Å²) in [4.78, 5) is 3.86. The zero-order valence-electron chi connectivity index (χ0n) is 9.67. The van der Waals surface area contributed by atoms with Crippen LogP contribution in [0.4, 0.5) is 0 Å². The highest BCUT2D eigenvalue weighted by atomic mass is 15.5. The van der Waals surface area contributed by atoms with E-state index in [4.69, 9.17) is 0 Å². The molecule has 0 amide bonds. The summed E-state index contributed by atoms with van der Waals surface area (Å²) >= 11 is 0. The van der Waals surface area contributed by atoms with E-state index in [2.05, 4.69) is 29.1 Å². The van der Waals surface area contributed by atoms with Gasteiger partial charge in [-0.05, 0) is 25.7 Å². The number of nitrogens with zero attached hydrogens (tertiary/aromatic N) is 4. The van der Waals surface area contributed by atoms with Crippen molar-refractivity contribution in [1.29, 1.82) is 0 Å². The first-order chi connectivity index (χ1) is 7.79. The smallest absolute Gasteiger partial charge is 0.0971 e. The Morgan fingerprint density at radius 1 is 1.25 bits per heavy atom. The fourth-order valence-corrected chi connectivity index (χ4v) is 1.44. The zero-order chi connectivity index (χ0) is 11.4. The number of benzene rings is 1. The van der Waals surface area contributed by atoms with Crippen LogP contribution < -0.4 is 0 Å². The number of hydrogen-bond acceptors (Lipinski definition) is 3. The molecule has 0 saturated heterocycles. The molecule has 0 saturated carbocycles. The van der Waals surface area contributed by atoms with E-state index in [1.54, 1.807) is 4.80 Å². The Hall–Kier alpha value is -1.68. The van der Waals surface area contributed by atoms with Crippen LogP contribution in [-0.2, 0) is 6.54 Å². The number of para-hydroxylation sites is 1. The van der Waals surface area contributed by atoms with Crippen LogP contribution in [-0.4, -0.2) is 33.5 Å². The maximum atomic E-state index is 4.43. The number of rotatable bonds is 4. The monoisotopic (exact) mass is 216 g/mol. The Morgan fingerprint density at radius 3 is 2.69 bits per heavy atom. The van der Waals surface area contributed by atoms with Gasteiger partial charge in [0.2, 0.25) is 0 Å². The van der Waals surface area contributed by atoms with Crippen LogP contribution in [0.1, 0.15) is 12.6 Å². The Labute approximate surface area is 95.5 Å². The van der Waals surface area contributed by atoms with Gasteiger partial charge in [-0.2, -0.15) is 15.0 Å². The molecular formula is C12H16N4. The van der Waals surface area contributed by atoms with Gasteiger partial charge in [0.05, 0.1) is 17.6 Å². The van der Waals surface area contributed by atoms with E-state index in [0.717, 1.165) is 24.5 Å². The van der Waals surface area contributed by atoms with E-state index in [0.29, 0.717) is 0 Å². The van der Waals surface area contributed by atoms with Gasteiger partial charge >= 0.3 is 0 Å². The molecule has 0 aliphatic rings. The fraction of sp³-hybridized carbons (Fsp3) is 0.333. The summed E-state index contributed by atoms with van der Waals surface area (Å²) in [5.74, 6) is 0. The molecule has 4 heteroatoms. The maximum Gasteiger partial charge on any atom is 0.0971 e. The van der Waals surface area contributed by atoms with Crippen molar-refractivity contribution in [2.24, 2.45) is 0 Å². The summed E-state index contributed by atoms with van der Waals surface area (Å²) in [6.45, 7) is 3.98.